The molecule has 1 saturated carbocycles. The molecule has 122 valence electrons. The minimum atomic E-state index is -0.450. The van der Waals surface area contributed by atoms with Gasteiger partial charge in [0, 0.05) is 13.2 Å². The second kappa shape index (κ2) is 6.07. The first-order valence-corrected chi connectivity index (χ1v) is 8.01. The average molecular weight is 313 g/mol. The number of hydrogen-bond donors (Lipinski definition) is 1. The average Bonchev–Trinajstić information content (AvgIpc) is 3.15. The highest BCUT2D eigenvalue weighted by Gasteiger charge is 2.42. The number of nitrogens with zero attached hydrogens (tertiary/aromatic N) is 2. The van der Waals surface area contributed by atoms with Crippen molar-refractivity contribution < 1.29 is 9.53 Å². The molecule has 0 unspecified atom stereocenters. The van der Waals surface area contributed by atoms with Gasteiger partial charge in [-0.05, 0) is 37.5 Å². The summed E-state index contributed by atoms with van der Waals surface area (Å²) in [6, 6.07) is 7.88. The van der Waals surface area contributed by atoms with Gasteiger partial charge in [0.05, 0.1) is 23.9 Å². The van der Waals surface area contributed by atoms with Gasteiger partial charge in [-0.3, -0.25) is 9.48 Å². The lowest BCUT2D eigenvalue weighted by Crippen LogP contribution is -2.38. The summed E-state index contributed by atoms with van der Waals surface area (Å²) < 4.78 is 6.95. The molecule has 0 atom stereocenters. The summed E-state index contributed by atoms with van der Waals surface area (Å²) in [6.07, 6.45) is 5.76. The summed E-state index contributed by atoms with van der Waals surface area (Å²) in [5, 5.41) is 7.38. The zero-order valence-electron chi connectivity index (χ0n) is 13.9. The Morgan fingerprint density at radius 2 is 1.91 bits per heavy atom. The van der Waals surface area contributed by atoms with Gasteiger partial charge in [0.2, 0.25) is 5.91 Å². The number of carbonyl (C=O) groups is 1. The number of nitrogens with one attached hydrogen (secondary N) is 1. The second-order valence-electron chi connectivity index (χ2n) is 6.27. The fourth-order valence-corrected chi connectivity index (χ4v) is 3.50. The SMILES string of the molecule is COc1ccc(C2(C(=O)Nc3cn(C)nc3C)CCCC2)cc1. The molecule has 0 radical (unpaired) electrons. The summed E-state index contributed by atoms with van der Waals surface area (Å²) in [4.78, 5) is 13.1. The van der Waals surface area contributed by atoms with Crippen molar-refractivity contribution in [2.75, 3.05) is 12.4 Å². The number of amides is 1. The van der Waals surface area contributed by atoms with E-state index >= 15 is 0 Å². The molecule has 5 heteroatoms. The fourth-order valence-electron chi connectivity index (χ4n) is 3.50. The predicted octanol–water partition coefficient (Wildman–Crippen LogP) is 3.19. The van der Waals surface area contributed by atoms with Gasteiger partial charge in [0.25, 0.3) is 0 Å². The van der Waals surface area contributed by atoms with E-state index in [1.807, 2.05) is 44.4 Å². The molecular formula is C18H23N3O2. The van der Waals surface area contributed by atoms with E-state index < -0.39 is 5.41 Å². The van der Waals surface area contributed by atoms with E-state index in [1.54, 1.807) is 11.8 Å². The molecule has 3 rings (SSSR count). The van der Waals surface area contributed by atoms with E-state index in [0.29, 0.717) is 0 Å². The molecule has 0 aliphatic heterocycles. The Balaban J connectivity index is 1.90. The minimum absolute atomic E-state index is 0.0660. The second-order valence-corrected chi connectivity index (χ2v) is 6.27. The molecular weight excluding hydrogens is 290 g/mol. The third-order valence-electron chi connectivity index (χ3n) is 4.80. The molecule has 2 aromatic rings. The monoisotopic (exact) mass is 313 g/mol. The van der Waals surface area contributed by atoms with Crippen molar-refractivity contribution in [1.29, 1.82) is 0 Å². The first kappa shape index (κ1) is 15.6. The van der Waals surface area contributed by atoms with Crippen molar-refractivity contribution in [2.45, 2.75) is 38.0 Å². The molecule has 1 aliphatic carbocycles. The molecule has 1 fully saturated rings. The number of benzene rings is 1. The van der Waals surface area contributed by atoms with E-state index in [9.17, 15) is 4.79 Å². The minimum Gasteiger partial charge on any atom is -0.497 e. The van der Waals surface area contributed by atoms with Gasteiger partial charge in [-0.1, -0.05) is 25.0 Å². The molecule has 1 aromatic carbocycles. The Labute approximate surface area is 136 Å². The van der Waals surface area contributed by atoms with Crippen LogP contribution < -0.4 is 10.1 Å². The van der Waals surface area contributed by atoms with Crippen LogP contribution in [-0.4, -0.2) is 22.8 Å². The van der Waals surface area contributed by atoms with E-state index in [0.717, 1.165) is 48.4 Å². The molecule has 1 N–H and O–H groups in total. The van der Waals surface area contributed by atoms with E-state index in [-0.39, 0.29) is 5.91 Å². The highest BCUT2D eigenvalue weighted by Crippen LogP contribution is 2.42. The standard InChI is InChI=1S/C18H23N3O2/c1-13-16(12-21(2)20-13)19-17(22)18(10-4-5-11-18)14-6-8-15(23-3)9-7-14/h6-9,12H,4-5,10-11H2,1-3H3,(H,19,22). The van der Waals surface area contributed by atoms with Crippen LogP contribution in [0, 0.1) is 6.92 Å². The van der Waals surface area contributed by atoms with Crippen LogP contribution in [0.15, 0.2) is 30.5 Å². The fraction of sp³-hybridized carbons (Fsp3) is 0.444. The van der Waals surface area contributed by atoms with Gasteiger partial charge in [0.1, 0.15) is 5.75 Å². The molecule has 1 aliphatic rings. The molecule has 1 aromatic heterocycles. The molecule has 5 nitrogen and oxygen atoms in total. The van der Waals surface area contributed by atoms with Crippen molar-refractivity contribution in [1.82, 2.24) is 9.78 Å². The number of ether oxygens (including phenoxy) is 1. The summed E-state index contributed by atoms with van der Waals surface area (Å²) in [5.74, 6) is 0.877. The van der Waals surface area contributed by atoms with Crippen LogP contribution in [0.5, 0.6) is 5.75 Å². The van der Waals surface area contributed by atoms with Crippen LogP contribution in [-0.2, 0) is 17.3 Å². The van der Waals surface area contributed by atoms with Gasteiger partial charge < -0.3 is 10.1 Å². The first-order chi connectivity index (χ1) is 11.0. The summed E-state index contributed by atoms with van der Waals surface area (Å²) in [7, 11) is 3.51. The van der Waals surface area contributed by atoms with Gasteiger partial charge in [0.15, 0.2) is 0 Å². The summed E-state index contributed by atoms with van der Waals surface area (Å²) in [5.41, 5.74) is 2.24. The summed E-state index contributed by atoms with van der Waals surface area (Å²) >= 11 is 0. The molecule has 0 bridgehead atoms. The van der Waals surface area contributed by atoms with Gasteiger partial charge >= 0.3 is 0 Å². The zero-order chi connectivity index (χ0) is 16.4. The predicted molar refractivity (Wildman–Crippen MR) is 89.7 cm³/mol. The Kier molecular flexibility index (Phi) is 4.11. The Morgan fingerprint density at radius 3 is 2.43 bits per heavy atom. The highest BCUT2D eigenvalue weighted by molar-refractivity contribution is 5.99. The zero-order valence-corrected chi connectivity index (χ0v) is 13.9. The maximum atomic E-state index is 13.1. The van der Waals surface area contributed by atoms with Gasteiger partial charge in [-0.15, -0.1) is 0 Å². The van der Waals surface area contributed by atoms with E-state index in [1.165, 1.54) is 0 Å². The Morgan fingerprint density at radius 1 is 1.26 bits per heavy atom. The topological polar surface area (TPSA) is 56.1 Å². The highest BCUT2D eigenvalue weighted by atomic mass is 16.5. The van der Waals surface area contributed by atoms with Crippen LogP contribution in [0.3, 0.4) is 0 Å². The maximum Gasteiger partial charge on any atom is 0.235 e. The Bertz CT molecular complexity index is 698. The van der Waals surface area contributed by atoms with Crippen molar-refractivity contribution in [3.8, 4) is 5.75 Å². The largest absolute Gasteiger partial charge is 0.497 e. The molecule has 1 heterocycles. The summed E-state index contributed by atoms with van der Waals surface area (Å²) in [6.45, 7) is 1.91. The van der Waals surface area contributed by atoms with Gasteiger partial charge in [-0.2, -0.15) is 5.10 Å². The third kappa shape index (κ3) is 2.83. The number of aryl methyl sites for hydroxylation is 2. The Hall–Kier alpha value is -2.30. The maximum absolute atomic E-state index is 13.1. The number of methoxy groups -OCH3 is 1. The number of hydrogen-bond acceptors (Lipinski definition) is 3. The van der Waals surface area contributed by atoms with Crippen molar-refractivity contribution >= 4 is 11.6 Å². The van der Waals surface area contributed by atoms with Crippen LogP contribution in [0.25, 0.3) is 0 Å². The lowest BCUT2D eigenvalue weighted by atomic mass is 9.78. The van der Waals surface area contributed by atoms with Crippen molar-refractivity contribution in [3.63, 3.8) is 0 Å². The number of anilines is 1. The number of rotatable bonds is 4. The van der Waals surface area contributed by atoms with Crippen LogP contribution in [0.4, 0.5) is 5.69 Å². The van der Waals surface area contributed by atoms with Crippen LogP contribution in [0.1, 0.15) is 36.9 Å². The number of aromatic nitrogens is 2. The van der Waals surface area contributed by atoms with Crippen LogP contribution >= 0.6 is 0 Å². The normalized spacial score (nSPS) is 16.3. The van der Waals surface area contributed by atoms with E-state index in [4.69, 9.17) is 4.74 Å². The van der Waals surface area contributed by atoms with E-state index in [2.05, 4.69) is 10.4 Å². The van der Waals surface area contributed by atoms with Crippen molar-refractivity contribution in [3.05, 3.63) is 41.7 Å². The van der Waals surface area contributed by atoms with Gasteiger partial charge in [-0.25, -0.2) is 0 Å². The first-order valence-electron chi connectivity index (χ1n) is 8.01. The molecule has 0 spiro atoms. The van der Waals surface area contributed by atoms with Crippen molar-refractivity contribution in [2.24, 2.45) is 7.05 Å². The molecule has 1 amide bonds. The lowest BCUT2D eigenvalue weighted by molar-refractivity contribution is -0.121. The third-order valence-corrected chi connectivity index (χ3v) is 4.80. The van der Waals surface area contributed by atoms with Crippen LogP contribution in [0.2, 0.25) is 0 Å². The molecule has 0 saturated heterocycles. The smallest absolute Gasteiger partial charge is 0.235 e. The quantitative estimate of drug-likeness (QED) is 0.943. The molecule has 23 heavy (non-hydrogen) atoms. The lowest BCUT2D eigenvalue weighted by Gasteiger charge is -2.28. The number of carbonyl (C=O) groups excluding carboxylic acids is 1.